The van der Waals surface area contributed by atoms with E-state index in [1.165, 1.54) is 30.5 Å². The van der Waals surface area contributed by atoms with E-state index in [4.69, 9.17) is 27.9 Å². The molecule has 0 bridgehead atoms. The van der Waals surface area contributed by atoms with Crippen molar-refractivity contribution in [1.82, 2.24) is 5.32 Å². The summed E-state index contributed by atoms with van der Waals surface area (Å²) in [5, 5.41) is 3.37. The molecule has 0 aliphatic heterocycles. The normalized spacial score (nSPS) is 14.1. The zero-order valence-electron chi connectivity index (χ0n) is 12.7. The van der Waals surface area contributed by atoms with Gasteiger partial charge in [0.05, 0.1) is 10.6 Å². The van der Waals surface area contributed by atoms with E-state index < -0.39 is 5.97 Å². The molecular formula is C17H19Cl2NO3. The predicted octanol–water partition coefficient (Wildman–Crippen LogP) is 4.16. The average molecular weight is 356 g/mol. The summed E-state index contributed by atoms with van der Waals surface area (Å²) in [5.74, 6) is -0.990. The maximum absolute atomic E-state index is 11.9. The van der Waals surface area contributed by atoms with Gasteiger partial charge in [0, 0.05) is 11.6 Å². The molecule has 1 aromatic rings. The number of hydrogen-bond donors (Lipinski definition) is 1. The van der Waals surface area contributed by atoms with Crippen LogP contribution in [-0.4, -0.2) is 25.0 Å². The molecule has 0 unspecified atom stereocenters. The molecule has 0 heterocycles. The van der Waals surface area contributed by atoms with Gasteiger partial charge in [-0.3, -0.25) is 4.79 Å². The second kappa shape index (κ2) is 8.94. The van der Waals surface area contributed by atoms with Gasteiger partial charge in [-0.25, -0.2) is 4.79 Å². The molecule has 124 valence electrons. The smallest absolute Gasteiger partial charge is 0.340 e. The fourth-order valence-corrected chi connectivity index (χ4v) is 2.77. The van der Waals surface area contributed by atoms with Crippen molar-refractivity contribution in [2.75, 3.05) is 13.2 Å². The third-order valence-corrected chi connectivity index (χ3v) is 4.20. The van der Waals surface area contributed by atoms with Gasteiger partial charge in [0.25, 0.3) is 5.91 Å². The van der Waals surface area contributed by atoms with Crippen LogP contribution in [0.5, 0.6) is 0 Å². The third-order valence-electron chi connectivity index (χ3n) is 3.64. The molecule has 1 N–H and O–H groups in total. The van der Waals surface area contributed by atoms with Crippen LogP contribution in [0, 0.1) is 0 Å². The van der Waals surface area contributed by atoms with E-state index in [-0.39, 0.29) is 23.1 Å². The molecule has 0 spiro atoms. The number of esters is 1. The molecule has 4 nitrogen and oxygen atoms in total. The van der Waals surface area contributed by atoms with Crippen LogP contribution in [0.25, 0.3) is 0 Å². The number of amides is 1. The second-order valence-corrected chi connectivity index (χ2v) is 6.25. The van der Waals surface area contributed by atoms with E-state index in [1.807, 2.05) is 0 Å². The van der Waals surface area contributed by atoms with Crippen LogP contribution in [0.3, 0.4) is 0 Å². The van der Waals surface area contributed by atoms with Gasteiger partial charge in [0.1, 0.15) is 0 Å². The molecule has 1 aliphatic carbocycles. The summed E-state index contributed by atoms with van der Waals surface area (Å²) in [6, 6.07) is 4.51. The number of ether oxygens (including phenoxy) is 1. The van der Waals surface area contributed by atoms with Crippen molar-refractivity contribution in [2.45, 2.75) is 32.1 Å². The summed E-state index contributed by atoms with van der Waals surface area (Å²) in [4.78, 5) is 23.6. The highest BCUT2D eigenvalue weighted by Crippen LogP contribution is 2.21. The molecule has 0 radical (unpaired) electrons. The largest absolute Gasteiger partial charge is 0.452 e. The van der Waals surface area contributed by atoms with E-state index >= 15 is 0 Å². The maximum Gasteiger partial charge on any atom is 0.340 e. The van der Waals surface area contributed by atoms with Crippen LogP contribution in [0.2, 0.25) is 10.0 Å². The molecule has 0 saturated heterocycles. The average Bonchev–Trinajstić information content (AvgIpc) is 2.56. The summed E-state index contributed by atoms with van der Waals surface area (Å²) < 4.78 is 4.96. The minimum atomic E-state index is -0.664. The maximum atomic E-state index is 11.9. The third kappa shape index (κ3) is 5.88. The summed E-state index contributed by atoms with van der Waals surface area (Å²) in [7, 11) is 0. The molecule has 1 aromatic carbocycles. The van der Waals surface area contributed by atoms with Gasteiger partial charge in [0.2, 0.25) is 0 Å². The highest BCUT2D eigenvalue weighted by molar-refractivity contribution is 6.35. The van der Waals surface area contributed by atoms with E-state index in [9.17, 15) is 9.59 Å². The Bertz CT molecular complexity index is 614. The van der Waals surface area contributed by atoms with E-state index in [1.54, 1.807) is 6.07 Å². The zero-order valence-corrected chi connectivity index (χ0v) is 14.3. The Hall–Kier alpha value is -1.52. The Morgan fingerprint density at radius 2 is 2.04 bits per heavy atom. The van der Waals surface area contributed by atoms with Crippen LogP contribution < -0.4 is 5.32 Å². The lowest BCUT2D eigenvalue weighted by Crippen LogP contribution is -2.30. The molecule has 0 aromatic heterocycles. The zero-order chi connectivity index (χ0) is 16.7. The first-order chi connectivity index (χ1) is 11.1. The summed E-state index contributed by atoms with van der Waals surface area (Å²) in [6.45, 7) is 0.223. The quantitative estimate of drug-likeness (QED) is 0.615. The molecule has 0 atom stereocenters. The number of rotatable bonds is 6. The Balaban J connectivity index is 1.72. The lowest BCUT2D eigenvalue weighted by Gasteiger charge is -2.13. The number of carbonyl (C=O) groups excluding carboxylic acids is 2. The minimum Gasteiger partial charge on any atom is -0.452 e. The number of carbonyl (C=O) groups is 2. The van der Waals surface area contributed by atoms with Crippen LogP contribution in [0.4, 0.5) is 0 Å². The molecular weight excluding hydrogens is 337 g/mol. The van der Waals surface area contributed by atoms with Gasteiger partial charge in [-0.2, -0.15) is 0 Å². The topological polar surface area (TPSA) is 55.4 Å². The number of nitrogens with one attached hydrogen (secondary N) is 1. The fraction of sp³-hybridized carbons (Fsp3) is 0.412. The number of hydrogen-bond acceptors (Lipinski definition) is 3. The van der Waals surface area contributed by atoms with Crippen molar-refractivity contribution >= 4 is 35.1 Å². The van der Waals surface area contributed by atoms with Crippen LogP contribution >= 0.6 is 23.2 Å². The van der Waals surface area contributed by atoms with Gasteiger partial charge < -0.3 is 10.1 Å². The summed E-state index contributed by atoms with van der Waals surface area (Å²) >= 11 is 11.7. The van der Waals surface area contributed by atoms with E-state index in [0.717, 1.165) is 19.3 Å². The molecule has 1 aliphatic rings. The van der Waals surface area contributed by atoms with Crippen molar-refractivity contribution in [3.63, 3.8) is 0 Å². The first-order valence-corrected chi connectivity index (χ1v) is 8.38. The van der Waals surface area contributed by atoms with Crippen molar-refractivity contribution in [2.24, 2.45) is 0 Å². The Morgan fingerprint density at radius 1 is 1.22 bits per heavy atom. The SMILES string of the molecule is O=C(COC(=O)c1cc(Cl)ccc1Cl)NCCC1=CCCCC1. The van der Waals surface area contributed by atoms with E-state index in [0.29, 0.717) is 11.6 Å². The number of benzene rings is 1. The van der Waals surface area contributed by atoms with Crippen LogP contribution in [-0.2, 0) is 9.53 Å². The minimum absolute atomic E-state index is 0.152. The molecule has 1 amide bonds. The highest BCUT2D eigenvalue weighted by Gasteiger charge is 2.14. The Labute approximate surface area is 145 Å². The number of halogens is 2. The lowest BCUT2D eigenvalue weighted by molar-refractivity contribution is -0.124. The molecule has 23 heavy (non-hydrogen) atoms. The summed E-state index contributed by atoms with van der Waals surface area (Å²) in [6.07, 6.45) is 7.80. The van der Waals surface area contributed by atoms with Crippen molar-refractivity contribution < 1.29 is 14.3 Å². The summed E-state index contributed by atoms with van der Waals surface area (Å²) in [5.41, 5.74) is 1.54. The second-order valence-electron chi connectivity index (χ2n) is 5.41. The predicted molar refractivity (Wildman–Crippen MR) is 90.9 cm³/mol. The first kappa shape index (κ1) is 17.8. The Morgan fingerprint density at radius 3 is 2.78 bits per heavy atom. The van der Waals surface area contributed by atoms with Gasteiger partial charge in [-0.1, -0.05) is 34.9 Å². The molecule has 6 heteroatoms. The molecule has 2 rings (SSSR count). The first-order valence-electron chi connectivity index (χ1n) is 7.63. The highest BCUT2D eigenvalue weighted by atomic mass is 35.5. The number of allylic oxidation sites excluding steroid dienone is 1. The van der Waals surface area contributed by atoms with Gasteiger partial charge >= 0.3 is 5.97 Å². The van der Waals surface area contributed by atoms with Crippen molar-refractivity contribution in [1.29, 1.82) is 0 Å². The fourth-order valence-electron chi connectivity index (χ4n) is 2.41. The van der Waals surface area contributed by atoms with Crippen LogP contribution in [0.15, 0.2) is 29.8 Å². The van der Waals surface area contributed by atoms with Gasteiger partial charge in [-0.15, -0.1) is 0 Å². The van der Waals surface area contributed by atoms with Gasteiger partial charge in [-0.05, 0) is 50.3 Å². The lowest BCUT2D eigenvalue weighted by atomic mass is 9.97. The molecule has 0 fully saturated rings. The van der Waals surface area contributed by atoms with Crippen molar-refractivity contribution in [3.05, 3.63) is 45.5 Å². The Kier molecular flexibility index (Phi) is 6.93. The standard InChI is InChI=1S/C17H19Cl2NO3/c18-13-6-7-15(19)14(10-13)17(22)23-11-16(21)20-9-8-12-4-2-1-3-5-12/h4,6-7,10H,1-3,5,8-9,11H2,(H,20,21). The van der Waals surface area contributed by atoms with Gasteiger partial charge in [0.15, 0.2) is 6.61 Å². The van der Waals surface area contributed by atoms with Crippen LogP contribution in [0.1, 0.15) is 42.5 Å². The van der Waals surface area contributed by atoms with E-state index in [2.05, 4.69) is 11.4 Å². The van der Waals surface area contributed by atoms with Crippen molar-refractivity contribution in [3.8, 4) is 0 Å². The molecule has 0 saturated carbocycles. The monoisotopic (exact) mass is 355 g/mol.